The van der Waals surface area contributed by atoms with E-state index in [0.29, 0.717) is 17.0 Å². The van der Waals surface area contributed by atoms with Crippen LogP contribution in [0.25, 0.3) is 22.0 Å². The average molecular weight is 339 g/mol. The van der Waals surface area contributed by atoms with Crippen LogP contribution in [0.2, 0.25) is 0 Å². The monoisotopic (exact) mass is 339 g/mol. The van der Waals surface area contributed by atoms with Gasteiger partial charge in [-0.05, 0) is 18.2 Å². The van der Waals surface area contributed by atoms with E-state index in [1.807, 2.05) is 24.3 Å². The Balaban J connectivity index is 2.44. The predicted molar refractivity (Wildman–Crippen MR) is 93.8 cm³/mol. The predicted octanol–water partition coefficient (Wildman–Crippen LogP) is 3.63. The first-order valence-corrected chi connectivity index (χ1v) is 7.53. The number of methoxy groups -OCH3 is 3. The molecule has 0 fully saturated rings. The molecule has 1 heterocycles. The zero-order valence-corrected chi connectivity index (χ0v) is 14.1. The Morgan fingerprint density at radius 2 is 1.76 bits per heavy atom. The van der Waals surface area contributed by atoms with Gasteiger partial charge in [0.05, 0.1) is 32.4 Å². The third-order valence-corrected chi connectivity index (χ3v) is 3.93. The van der Waals surface area contributed by atoms with Crippen molar-refractivity contribution in [2.75, 3.05) is 21.3 Å². The minimum absolute atomic E-state index is 0.151. The minimum atomic E-state index is -1.02. The number of rotatable bonds is 5. The van der Waals surface area contributed by atoms with Crippen molar-refractivity contribution < 1.29 is 24.1 Å². The lowest BCUT2D eigenvalue weighted by atomic mass is 9.98. The van der Waals surface area contributed by atoms with Crippen molar-refractivity contribution in [1.29, 1.82) is 0 Å². The fraction of sp³-hybridized carbons (Fsp3) is 0.158. The number of ether oxygens (including phenoxy) is 3. The normalized spacial score (nSPS) is 10.5. The van der Waals surface area contributed by atoms with E-state index in [4.69, 9.17) is 14.2 Å². The number of carbonyl (C=O) groups is 1. The van der Waals surface area contributed by atoms with Crippen LogP contribution in [0.4, 0.5) is 0 Å². The molecular weight excluding hydrogens is 322 g/mol. The number of carboxylic acid groups (broad SMARTS) is 1. The van der Waals surface area contributed by atoms with Crippen LogP contribution in [0.1, 0.15) is 10.4 Å². The van der Waals surface area contributed by atoms with Gasteiger partial charge in [0, 0.05) is 16.5 Å². The summed E-state index contributed by atoms with van der Waals surface area (Å²) in [5.41, 5.74) is 2.19. The molecule has 1 N–H and O–H groups in total. The van der Waals surface area contributed by atoms with Crippen molar-refractivity contribution in [3.05, 3.63) is 48.0 Å². The second-order valence-corrected chi connectivity index (χ2v) is 5.27. The summed E-state index contributed by atoms with van der Waals surface area (Å²) in [7, 11) is 4.62. The van der Waals surface area contributed by atoms with Crippen molar-refractivity contribution >= 4 is 16.9 Å². The van der Waals surface area contributed by atoms with Crippen molar-refractivity contribution in [1.82, 2.24) is 4.98 Å². The van der Waals surface area contributed by atoms with E-state index in [9.17, 15) is 9.90 Å². The number of para-hydroxylation sites is 1. The smallest absolute Gasteiger partial charge is 0.335 e. The molecular formula is C19H17NO5. The largest absolute Gasteiger partial charge is 0.496 e. The molecule has 0 amide bonds. The molecule has 0 saturated heterocycles. The lowest BCUT2D eigenvalue weighted by Gasteiger charge is -2.17. The summed E-state index contributed by atoms with van der Waals surface area (Å²) in [5, 5.41) is 9.98. The van der Waals surface area contributed by atoms with Gasteiger partial charge in [0.2, 0.25) is 0 Å². The molecule has 0 saturated carbocycles. The lowest BCUT2D eigenvalue weighted by molar-refractivity contribution is 0.0697. The van der Waals surface area contributed by atoms with E-state index in [0.717, 1.165) is 16.5 Å². The van der Waals surface area contributed by atoms with Crippen LogP contribution in [-0.2, 0) is 0 Å². The highest BCUT2D eigenvalue weighted by Gasteiger charge is 2.21. The highest BCUT2D eigenvalue weighted by atomic mass is 16.5. The molecule has 0 aliphatic heterocycles. The van der Waals surface area contributed by atoms with Gasteiger partial charge in [0.1, 0.15) is 5.75 Å². The number of hydrogen-bond acceptors (Lipinski definition) is 5. The Kier molecular flexibility index (Phi) is 4.43. The van der Waals surface area contributed by atoms with Crippen LogP contribution in [0.5, 0.6) is 17.4 Å². The molecule has 1 aromatic heterocycles. The Morgan fingerprint density at radius 3 is 2.40 bits per heavy atom. The zero-order valence-electron chi connectivity index (χ0n) is 14.1. The number of fused-ring (bicyclic) bond motifs is 1. The van der Waals surface area contributed by atoms with E-state index in [1.54, 1.807) is 13.2 Å². The molecule has 3 aromatic rings. The van der Waals surface area contributed by atoms with Gasteiger partial charge < -0.3 is 19.3 Å². The van der Waals surface area contributed by atoms with E-state index < -0.39 is 5.97 Å². The number of hydrogen-bond donors (Lipinski definition) is 1. The maximum absolute atomic E-state index is 11.3. The summed E-state index contributed by atoms with van der Waals surface area (Å²) >= 11 is 0. The second-order valence-electron chi connectivity index (χ2n) is 5.27. The highest BCUT2D eigenvalue weighted by molar-refractivity contribution is 6.03. The Hall–Kier alpha value is -3.28. The molecule has 0 atom stereocenters. The van der Waals surface area contributed by atoms with Crippen LogP contribution in [0, 0.1) is 0 Å². The number of aromatic carboxylic acids is 1. The molecule has 6 nitrogen and oxygen atoms in total. The van der Waals surface area contributed by atoms with Crippen molar-refractivity contribution in [3.8, 4) is 28.5 Å². The van der Waals surface area contributed by atoms with E-state index >= 15 is 0 Å². The first-order valence-electron chi connectivity index (χ1n) is 7.53. The third kappa shape index (κ3) is 2.82. The first kappa shape index (κ1) is 16.6. The molecule has 0 aliphatic carbocycles. The molecule has 0 bridgehead atoms. The molecule has 0 radical (unpaired) electrons. The molecule has 0 aliphatic rings. The standard InChI is InChI=1S/C19H17NO5/c1-23-15-7-5-4-6-13(15)16-12-9-8-11(19(21)22)10-14(12)20-18(25-3)17(16)24-2/h4-10H,1-3H3,(H,21,22). The van der Waals surface area contributed by atoms with Gasteiger partial charge in [-0.3, -0.25) is 0 Å². The van der Waals surface area contributed by atoms with Gasteiger partial charge in [-0.25, -0.2) is 9.78 Å². The lowest BCUT2D eigenvalue weighted by Crippen LogP contribution is -2.01. The zero-order chi connectivity index (χ0) is 18.0. The Labute approximate surface area is 144 Å². The van der Waals surface area contributed by atoms with Gasteiger partial charge in [-0.2, -0.15) is 0 Å². The Bertz CT molecular complexity index is 952. The molecule has 0 spiro atoms. The van der Waals surface area contributed by atoms with E-state index in [1.165, 1.54) is 26.4 Å². The van der Waals surface area contributed by atoms with Crippen LogP contribution < -0.4 is 14.2 Å². The molecule has 0 unspecified atom stereocenters. The molecule has 3 rings (SSSR count). The van der Waals surface area contributed by atoms with Crippen molar-refractivity contribution in [2.45, 2.75) is 0 Å². The number of carboxylic acids is 1. The quantitative estimate of drug-likeness (QED) is 0.765. The number of pyridine rings is 1. The maximum Gasteiger partial charge on any atom is 0.335 e. The number of benzene rings is 2. The second kappa shape index (κ2) is 6.68. The van der Waals surface area contributed by atoms with Gasteiger partial charge in [0.25, 0.3) is 5.88 Å². The van der Waals surface area contributed by atoms with E-state index in [-0.39, 0.29) is 11.4 Å². The van der Waals surface area contributed by atoms with Crippen LogP contribution >= 0.6 is 0 Å². The SMILES string of the molecule is COc1ccccc1-c1c(OC)c(OC)nc2cc(C(=O)O)ccc12. The van der Waals surface area contributed by atoms with Gasteiger partial charge in [-0.15, -0.1) is 0 Å². The molecule has 128 valence electrons. The summed E-state index contributed by atoms with van der Waals surface area (Å²) in [6.07, 6.45) is 0. The summed E-state index contributed by atoms with van der Waals surface area (Å²) in [5.74, 6) is 0.385. The van der Waals surface area contributed by atoms with Crippen LogP contribution in [-0.4, -0.2) is 37.4 Å². The summed E-state index contributed by atoms with van der Waals surface area (Å²) in [4.78, 5) is 15.7. The molecule has 6 heteroatoms. The molecule has 25 heavy (non-hydrogen) atoms. The third-order valence-electron chi connectivity index (χ3n) is 3.93. The minimum Gasteiger partial charge on any atom is -0.496 e. The first-order chi connectivity index (χ1) is 12.1. The van der Waals surface area contributed by atoms with E-state index in [2.05, 4.69) is 4.98 Å². The topological polar surface area (TPSA) is 77.9 Å². The van der Waals surface area contributed by atoms with Gasteiger partial charge in [-0.1, -0.05) is 24.3 Å². The fourth-order valence-electron chi connectivity index (χ4n) is 2.80. The summed E-state index contributed by atoms with van der Waals surface area (Å²) in [6.45, 7) is 0. The number of nitrogens with zero attached hydrogens (tertiary/aromatic N) is 1. The fourth-order valence-corrected chi connectivity index (χ4v) is 2.80. The van der Waals surface area contributed by atoms with Crippen LogP contribution in [0.3, 0.4) is 0 Å². The highest BCUT2D eigenvalue weighted by Crippen LogP contribution is 2.45. The van der Waals surface area contributed by atoms with Crippen molar-refractivity contribution in [2.24, 2.45) is 0 Å². The van der Waals surface area contributed by atoms with Crippen LogP contribution in [0.15, 0.2) is 42.5 Å². The maximum atomic E-state index is 11.3. The average Bonchev–Trinajstić information content (AvgIpc) is 2.65. The van der Waals surface area contributed by atoms with Gasteiger partial charge >= 0.3 is 5.97 Å². The molecule has 2 aromatic carbocycles. The van der Waals surface area contributed by atoms with Gasteiger partial charge in [0.15, 0.2) is 5.75 Å². The van der Waals surface area contributed by atoms with Crippen molar-refractivity contribution in [3.63, 3.8) is 0 Å². The Morgan fingerprint density at radius 1 is 1.00 bits per heavy atom. The number of aromatic nitrogens is 1. The summed E-state index contributed by atoms with van der Waals surface area (Å²) in [6, 6.07) is 12.3. The summed E-state index contributed by atoms with van der Waals surface area (Å²) < 4.78 is 16.4.